The van der Waals surface area contributed by atoms with E-state index >= 15 is 0 Å². The van der Waals surface area contributed by atoms with Crippen LogP contribution in [0.15, 0.2) is 140 Å². The van der Waals surface area contributed by atoms with Gasteiger partial charge in [0.25, 0.3) is 0 Å². The molecule has 0 unspecified atom stereocenters. The van der Waals surface area contributed by atoms with Crippen LogP contribution in [-0.2, 0) is 26.2 Å². The predicted octanol–water partition coefficient (Wildman–Crippen LogP) is 8.35. The van der Waals surface area contributed by atoms with Crippen LogP contribution in [0.4, 0.5) is 13.2 Å². The van der Waals surface area contributed by atoms with Crippen molar-refractivity contribution < 1.29 is 13.2 Å². The van der Waals surface area contributed by atoms with Gasteiger partial charge in [-0.25, -0.2) is 13.2 Å². The van der Waals surface area contributed by atoms with Crippen LogP contribution in [0.5, 0.6) is 0 Å². The summed E-state index contributed by atoms with van der Waals surface area (Å²) in [5.41, 5.74) is 5.49. The van der Waals surface area contributed by atoms with Gasteiger partial charge in [0.15, 0.2) is 0 Å². The van der Waals surface area contributed by atoms with Crippen LogP contribution >= 0.6 is 0 Å². The number of hydrogen-bond donors (Lipinski definition) is 9. The summed E-state index contributed by atoms with van der Waals surface area (Å²) < 4.78 is 37.5. The molecule has 0 radical (unpaired) electrons. The number of rotatable bonds is 17. The van der Waals surface area contributed by atoms with E-state index < -0.39 is 0 Å². The smallest absolute Gasteiger partial charge is 0.127 e. The summed E-state index contributed by atoms with van der Waals surface area (Å²) in [5.74, 6) is 1.91. The fourth-order valence-corrected chi connectivity index (χ4v) is 4.26. The van der Waals surface area contributed by atoms with E-state index in [2.05, 4.69) is 98.5 Å². The summed E-state index contributed by atoms with van der Waals surface area (Å²) in [7, 11) is 16.8. The first-order chi connectivity index (χ1) is 32.9. The predicted molar refractivity (Wildman–Crippen MR) is 290 cm³/mol. The van der Waals surface area contributed by atoms with E-state index in [1.165, 1.54) is 41.5 Å². The second-order valence-electron chi connectivity index (χ2n) is 14.0. The number of likely N-dealkylation sites (N-methyl/N-ethyl adjacent to an activating group) is 2. The largest absolute Gasteiger partial charge is 0.319 e. The lowest BCUT2D eigenvalue weighted by molar-refractivity contribution is 0.601. The zero-order chi connectivity index (χ0) is 52.3. The molecule has 13 heteroatoms. The standard InChI is InChI=1S/3C8H10FN.C8H11N.C6H13N.2C5H11N.C4H7N.C3H6N2/c1-10-6-7-2-4-8(9)5-3-7;1-10-6-7-3-2-4-8(9)5-7;1-10-6-7-4-2-3-5-8(7)9;1-9-7-8-5-3-2-4-6-8;1-6(2)4-5-7-3;2*1-3-4-5-6-2;1-3-4-5-2;1-5-3-2-4/h3*2-5,10H,6H2,1H3;2-6,9H,7H2,1H3;4,7H,5H2,1-3H3;3-4,6H,5H2,1-2H3;3,6H,1,4-5H2,2H3;1,5H,4H2,2H3;5H,3H2,1H3/b;;;;;4-3+;;;. The number of terminal acetylenes is 1. The third kappa shape index (κ3) is 60.6. The molecule has 4 aromatic carbocycles. The highest BCUT2D eigenvalue weighted by Crippen LogP contribution is 2.05. The molecule has 68 heavy (non-hydrogen) atoms. The maximum absolute atomic E-state index is 12.7. The molecular weight excluding hydrogens is 858 g/mol. The molecular formula is C55H89F3N10. The first-order valence-electron chi connectivity index (χ1n) is 22.6. The van der Waals surface area contributed by atoms with Crippen molar-refractivity contribution in [1.29, 1.82) is 5.26 Å². The highest BCUT2D eigenvalue weighted by Gasteiger charge is 1.96. The van der Waals surface area contributed by atoms with Crippen molar-refractivity contribution in [2.75, 3.05) is 96.2 Å². The number of halogens is 3. The number of nitriles is 1. The van der Waals surface area contributed by atoms with Gasteiger partial charge in [0.2, 0.25) is 0 Å². The monoisotopic (exact) mass is 947 g/mol. The van der Waals surface area contributed by atoms with Crippen LogP contribution in [-0.4, -0.2) is 96.2 Å². The van der Waals surface area contributed by atoms with Crippen LogP contribution < -0.4 is 47.9 Å². The number of allylic oxidation sites excluding steroid dienone is 2. The molecule has 0 fully saturated rings. The average Bonchev–Trinajstić information content (AvgIpc) is 3.34. The van der Waals surface area contributed by atoms with Gasteiger partial charge in [-0.05, 0) is 144 Å². The SMILES string of the molecule is C#CCNC.C/C=C/CNC.C=CCCNC.CNCC#N.CNCC=C(C)C.CNCc1ccc(F)cc1.CNCc1cccc(F)c1.CNCc1ccccc1.CNCc1ccccc1F. The van der Waals surface area contributed by atoms with Crippen molar-refractivity contribution in [3.05, 3.63) is 179 Å². The molecule has 9 N–H and O–H groups in total. The van der Waals surface area contributed by atoms with Gasteiger partial charge >= 0.3 is 0 Å². The second-order valence-corrected chi connectivity index (χ2v) is 14.0. The molecule has 0 aliphatic rings. The summed E-state index contributed by atoms with van der Waals surface area (Å²) in [6.45, 7) is 16.9. The molecule has 4 aromatic rings. The van der Waals surface area contributed by atoms with Crippen molar-refractivity contribution in [2.45, 2.75) is 53.4 Å². The number of benzene rings is 4. The Balaban J connectivity index is -0.000000222. The van der Waals surface area contributed by atoms with Gasteiger partial charge in [0, 0.05) is 44.8 Å². The molecule has 0 amide bonds. The Morgan fingerprint density at radius 3 is 1.44 bits per heavy atom. The van der Waals surface area contributed by atoms with Crippen molar-refractivity contribution in [3.8, 4) is 18.4 Å². The lowest BCUT2D eigenvalue weighted by Crippen LogP contribution is -2.06. The fraction of sp³-hybridized carbons (Fsp3) is 0.400. The van der Waals surface area contributed by atoms with Crippen LogP contribution in [0.1, 0.15) is 49.4 Å². The van der Waals surface area contributed by atoms with Crippen molar-refractivity contribution in [2.24, 2.45) is 0 Å². The molecule has 0 saturated heterocycles. The van der Waals surface area contributed by atoms with E-state index in [1.807, 2.05) is 105 Å². The Hall–Kier alpha value is -5.42. The van der Waals surface area contributed by atoms with Crippen molar-refractivity contribution >= 4 is 0 Å². The van der Waals surface area contributed by atoms with Crippen LogP contribution in [0.3, 0.4) is 0 Å². The van der Waals surface area contributed by atoms with Crippen LogP contribution in [0.2, 0.25) is 0 Å². The van der Waals surface area contributed by atoms with E-state index in [4.69, 9.17) is 11.7 Å². The zero-order valence-electron chi connectivity index (χ0n) is 43.6. The molecule has 380 valence electrons. The normalized spacial score (nSPS) is 9.01. The van der Waals surface area contributed by atoms with Gasteiger partial charge in [-0.1, -0.05) is 109 Å². The van der Waals surface area contributed by atoms with Crippen LogP contribution in [0.25, 0.3) is 0 Å². The van der Waals surface area contributed by atoms with Gasteiger partial charge in [0.05, 0.1) is 19.2 Å². The number of nitrogens with one attached hydrogen (secondary N) is 9. The quantitative estimate of drug-likeness (QED) is 0.0221. The Bertz CT molecular complexity index is 1760. The summed E-state index contributed by atoms with van der Waals surface area (Å²) in [6.07, 6.45) is 14.0. The molecule has 0 spiro atoms. The minimum absolute atomic E-state index is 0.142. The minimum atomic E-state index is -0.181. The molecule has 0 bridgehead atoms. The third-order valence-corrected chi connectivity index (χ3v) is 7.52. The first-order valence-corrected chi connectivity index (χ1v) is 22.6. The number of nitrogens with zero attached hydrogens (tertiary/aromatic N) is 1. The molecule has 10 nitrogen and oxygen atoms in total. The summed E-state index contributed by atoms with van der Waals surface area (Å²) in [5, 5.41) is 34.1. The first kappa shape index (κ1) is 71.6. The Morgan fingerprint density at radius 1 is 0.574 bits per heavy atom. The molecule has 0 aliphatic carbocycles. The summed E-state index contributed by atoms with van der Waals surface area (Å²) in [6, 6.07) is 32.0. The van der Waals surface area contributed by atoms with E-state index in [0.717, 1.165) is 56.8 Å². The third-order valence-electron chi connectivity index (χ3n) is 7.52. The molecule has 0 aliphatic heterocycles. The van der Waals surface area contributed by atoms with Gasteiger partial charge in [-0.15, -0.1) is 13.0 Å². The minimum Gasteiger partial charge on any atom is -0.319 e. The van der Waals surface area contributed by atoms with Crippen molar-refractivity contribution in [1.82, 2.24) is 47.9 Å². The highest BCUT2D eigenvalue weighted by atomic mass is 19.1. The Kier molecular flexibility index (Phi) is 64.8. The molecule has 0 aromatic heterocycles. The Morgan fingerprint density at radius 2 is 1.09 bits per heavy atom. The van der Waals surface area contributed by atoms with E-state index in [0.29, 0.717) is 25.2 Å². The summed E-state index contributed by atoms with van der Waals surface area (Å²) >= 11 is 0. The maximum Gasteiger partial charge on any atom is 0.127 e. The Labute approximate surface area is 412 Å². The van der Waals surface area contributed by atoms with Gasteiger partial charge < -0.3 is 47.9 Å². The van der Waals surface area contributed by atoms with E-state index in [9.17, 15) is 13.2 Å². The number of hydrogen-bond acceptors (Lipinski definition) is 10. The van der Waals surface area contributed by atoms with Gasteiger partial charge in [0.1, 0.15) is 17.5 Å². The van der Waals surface area contributed by atoms with Crippen molar-refractivity contribution in [3.63, 3.8) is 0 Å². The zero-order valence-corrected chi connectivity index (χ0v) is 43.6. The van der Waals surface area contributed by atoms with Gasteiger partial charge in [-0.3, -0.25) is 0 Å². The lowest BCUT2D eigenvalue weighted by atomic mass is 10.2. The van der Waals surface area contributed by atoms with E-state index in [1.54, 1.807) is 44.4 Å². The highest BCUT2D eigenvalue weighted by molar-refractivity contribution is 5.18. The molecule has 0 saturated carbocycles. The topological polar surface area (TPSA) is 132 Å². The second kappa shape index (κ2) is 61.6. The fourth-order valence-electron chi connectivity index (χ4n) is 4.26. The van der Waals surface area contributed by atoms with Gasteiger partial charge in [-0.2, -0.15) is 5.26 Å². The molecule has 0 heterocycles. The molecule has 0 atom stereocenters. The summed E-state index contributed by atoms with van der Waals surface area (Å²) in [4.78, 5) is 0. The van der Waals surface area contributed by atoms with Crippen LogP contribution in [0, 0.1) is 41.1 Å². The molecule has 4 rings (SSSR count). The maximum atomic E-state index is 12.7. The average molecular weight is 947 g/mol. The van der Waals surface area contributed by atoms with E-state index in [-0.39, 0.29) is 17.5 Å². The lowest BCUT2D eigenvalue weighted by Gasteiger charge is -1.99.